The Labute approximate surface area is 94.0 Å². The third kappa shape index (κ3) is 1.33. The van der Waals surface area contributed by atoms with E-state index < -0.39 is 9.84 Å². The van der Waals surface area contributed by atoms with Gasteiger partial charge < -0.3 is 0 Å². The summed E-state index contributed by atoms with van der Waals surface area (Å²) in [6.45, 7) is 2.02. The first-order chi connectivity index (χ1) is 7.56. The molecule has 0 fully saturated rings. The Balaban J connectivity index is 2.39. The second-order valence-electron chi connectivity index (χ2n) is 4.22. The van der Waals surface area contributed by atoms with Crippen LogP contribution in [0.2, 0.25) is 0 Å². The van der Waals surface area contributed by atoms with E-state index in [4.69, 9.17) is 0 Å². The number of sulfone groups is 1. The predicted molar refractivity (Wildman–Crippen MR) is 62.2 cm³/mol. The number of pyridine rings is 1. The van der Waals surface area contributed by atoms with Gasteiger partial charge in [0.2, 0.25) is 0 Å². The lowest BCUT2D eigenvalue weighted by Crippen LogP contribution is -2.01. The quantitative estimate of drug-likeness (QED) is 0.698. The molecule has 82 valence electrons. The summed E-state index contributed by atoms with van der Waals surface area (Å²) in [5.41, 5.74) is 2.78. The van der Waals surface area contributed by atoms with Gasteiger partial charge in [0.05, 0.1) is 11.3 Å². The maximum absolute atomic E-state index is 11.7. The van der Waals surface area contributed by atoms with E-state index in [0.29, 0.717) is 6.42 Å². The molecule has 0 saturated carbocycles. The molecule has 0 amide bonds. The molecule has 0 N–H and O–H groups in total. The molecule has 1 aliphatic rings. The molecule has 3 nitrogen and oxygen atoms in total. The van der Waals surface area contributed by atoms with Gasteiger partial charge in [-0.25, -0.2) is 13.4 Å². The molecule has 1 aromatic carbocycles. The molecular weight excluding hydrogens is 222 g/mol. The van der Waals surface area contributed by atoms with Crippen LogP contribution in [0.15, 0.2) is 29.3 Å². The summed E-state index contributed by atoms with van der Waals surface area (Å²) >= 11 is 0. The van der Waals surface area contributed by atoms with E-state index in [9.17, 15) is 8.42 Å². The van der Waals surface area contributed by atoms with E-state index in [1.54, 1.807) is 0 Å². The zero-order chi connectivity index (χ0) is 11.3. The lowest BCUT2D eigenvalue weighted by atomic mass is 10.1. The highest BCUT2D eigenvalue weighted by Crippen LogP contribution is 2.27. The topological polar surface area (TPSA) is 47.0 Å². The standard InChI is InChI=1S/C12H11NO2S/c1-8-2-3-11-10(6-8)7-9-4-5-16(14,15)12(9)13-11/h2-3,6-7H,4-5H2,1H3. The molecule has 1 aromatic heterocycles. The van der Waals surface area contributed by atoms with Crippen LogP contribution in [0, 0.1) is 6.92 Å². The number of hydrogen-bond acceptors (Lipinski definition) is 3. The minimum atomic E-state index is -3.12. The fraction of sp³-hybridized carbons (Fsp3) is 0.250. The van der Waals surface area contributed by atoms with Gasteiger partial charge in [0, 0.05) is 5.39 Å². The van der Waals surface area contributed by atoms with Crippen LogP contribution in [-0.2, 0) is 16.3 Å². The van der Waals surface area contributed by atoms with Crippen molar-refractivity contribution in [1.82, 2.24) is 4.98 Å². The van der Waals surface area contributed by atoms with Gasteiger partial charge in [-0.15, -0.1) is 0 Å². The minimum absolute atomic E-state index is 0.199. The minimum Gasteiger partial charge on any atom is -0.236 e. The van der Waals surface area contributed by atoms with E-state index in [1.807, 2.05) is 31.2 Å². The summed E-state index contributed by atoms with van der Waals surface area (Å²) in [7, 11) is -3.12. The van der Waals surface area contributed by atoms with Crippen LogP contribution in [-0.4, -0.2) is 19.2 Å². The van der Waals surface area contributed by atoms with E-state index in [0.717, 1.165) is 22.0 Å². The largest absolute Gasteiger partial charge is 0.236 e. The number of hydrogen-bond donors (Lipinski definition) is 0. The average molecular weight is 233 g/mol. The van der Waals surface area contributed by atoms with Crippen molar-refractivity contribution < 1.29 is 8.42 Å². The van der Waals surface area contributed by atoms with Crippen molar-refractivity contribution in [3.05, 3.63) is 35.4 Å². The first-order valence-corrected chi connectivity index (χ1v) is 6.84. The van der Waals surface area contributed by atoms with Gasteiger partial charge >= 0.3 is 0 Å². The Bertz CT molecular complexity index is 689. The average Bonchev–Trinajstić information content (AvgIpc) is 2.52. The first kappa shape index (κ1) is 9.78. The summed E-state index contributed by atoms with van der Waals surface area (Å²) in [6.07, 6.45) is 0.592. The summed E-state index contributed by atoms with van der Waals surface area (Å²) < 4.78 is 23.4. The third-order valence-electron chi connectivity index (χ3n) is 2.94. The molecule has 0 bridgehead atoms. The van der Waals surface area contributed by atoms with E-state index >= 15 is 0 Å². The molecule has 4 heteroatoms. The maximum atomic E-state index is 11.7. The van der Waals surface area contributed by atoms with Crippen molar-refractivity contribution in [2.75, 3.05) is 5.75 Å². The highest BCUT2D eigenvalue weighted by Gasteiger charge is 2.28. The molecule has 0 spiro atoms. The molecule has 1 aliphatic heterocycles. The number of rotatable bonds is 0. The number of benzene rings is 1. The Morgan fingerprint density at radius 2 is 2.06 bits per heavy atom. The zero-order valence-corrected chi connectivity index (χ0v) is 9.71. The number of aryl methyl sites for hydroxylation is 2. The fourth-order valence-electron chi connectivity index (χ4n) is 2.11. The van der Waals surface area contributed by atoms with Crippen molar-refractivity contribution >= 4 is 20.7 Å². The smallest absolute Gasteiger partial charge is 0.196 e. The zero-order valence-electron chi connectivity index (χ0n) is 8.90. The van der Waals surface area contributed by atoms with Crippen LogP contribution in [0.3, 0.4) is 0 Å². The summed E-state index contributed by atoms with van der Waals surface area (Å²) in [5, 5.41) is 1.31. The van der Waals surface area contributed by atoms with Crippen molar-refractivity contribution in [3.63, 3.8) is 0 Å². The van der Waals surface area contributed by atoms with Crippen LogP contribution in [0.1, 0.15) is 11.1 Å². The molecule has 0 atom stereocenters. The van der Waals surface area contributed by atoms with Gasteiger partial charge in [0.25, 0.3) is 0 Å². The predicted octanol–water partition coefficient (Wildman–Crippen LogP) is 1.87. The molecule has 3 rings (SSSR count). The first-order valence-electron chi connectivity index (χ1n) is 5.19. The Morgan fingerprint density at radius 1 is 1.25 bits per heavy atom. The molecule has 2 heterocycles. The Kier molecular flexibility index (Phi) is 1.86. The Morgan fingerprint density at radius 3 is 2.88 bits per heavy atom. The maximum Gasteiger partial charge on any atom is 0.196 e. The van der Waals surface area contributed by atoms with Crippen LogP contribution in [0.5, 0.6) is 0 Å². The molecule has 0 radical (unpaired) electrons. The van der Waals surface area contributed by atoms with Gasteiger partial charge in [-0.1, -0.05) is 11.6 Å². The van der Waals surface area contributed by atoms with Gasteiger partial charge in [0.1, 0.15) is 0 Å². The van der Waals surface area contributed by atoms with Crippen LogP contribution < -0.4 is 0 Å². The summed E-state index contributed by atoms with van der Waals surface area (Å²) in [6, 6.07) is 7.81. The lowest BCUT2D eigenvalue weighted by Gasteiger charge is -2.02. The van der Waals surface area contributed by atoms with Gasteiger partial charge in [-0.3, -0.25) is 0 Å². The van der Waals surface area contributed by atoms with Crippen LogP contribution >= 0.6 is 0 Å². The molecule has 0 unspecified atom stereocenters. The normalized spacial score (nSPS) is 17.6. The Hall–Kier alpha value is -1.42. The lowest BCUT2D eigenvalue weighted by molar-refractivity contribution is 0.597. The molecule has 0 aliphatic carbocycles. The van der Waals surface area contributed by atoms with E-state index in [1.165, 1.54) is 0 Å². The molecular formula is C12H11NO2S. The highest BCUT2D eigenvalue weighted by atomic mass is 32.2. The summed E-state index contributed by atoms with van der Waals surface area (Å²) in [4.78, 5) is 4.26. The second-order valence-corrected chi connectivity index (χ2v) is 6.24. The van der Waals surface area contributed by atoms with Crippen molar-refractivity contribution in [3.8, 4) is 0 Å². The number of aromatic nitrogens is 1. The molecule has 16 heavy (non-hydrogen) atoms. The fourth-order valence-corrected chi connectivity index (χ4v) is 3.59. The highest BCUT2D eigenvalue weighted by molar-refractivity contribution is 7.91. The SMILES string of the molecule is Cc1ccc2nc3c(cc2c1)CCS3(=O)=O. The van der Waals surface area contributed by atoms with Crippen molar-refractivity contribution in [1.29, 1.82) is 0 Å². The van der Waals surface area contributed by atoms with Crippen LogP contribution in [0.4, 0.5) is 0 Å². The van der Waals surface area contributed by atoms with Crippen molar-refractivity contribution in [2.24, 2.45) is 0 Å². The number of nitrogens with zero attached hydrogens (tertiary/aromatic N) is 1. The van der Waals surface area contributed by atoms with Gasteiger partial charge in [-0.2, -0.15) is 0 Å². The second kappa shape index (κ2) is 3.04. The van der Waals surface area contributed by atoms with E-state index in [2.05, 4.69) is 4.98 Å². The van der Waals surface area contributed by atoms with Crippen molar-refractivity contribution in [2.45, 2.75) is 18.4 Å². The van der Waals surface area contributed by atoms with E-state index in [-0.39, 0.29) is 10.8 Å². The van der Waals surface area contributed by atoms with Gasteiger partial charge in [0.15, 0.2) is 14.9 Å². The third-order valence-corrected chi connectivity index (χ3v) is 4.63. The monoisotopic (exact) mass is 233 g/mol. The summed E-state index contributed by atoms with van der Waals surface area (Å²) in [5.74, 6) is 0.199. The molecule has 0 saturated heterocycles. The number of fused-ring (bicyclic) bond motifs is 2. The molecule has 2 aromatic rings. The van der Waals surface area contributed by atoms with Gasteiger partial charge in [-0.05, 0) is 37.1 Å². The van der Waals surface area contributed by atoms with Crippen LogP contribution in [0.25, 0.3) is 10.9 Å².